The highest BCUT2D eigenvalue weighted by molar-refractivity contribution is 9.10. The Bertz CT molecular complexity index is 755. The number of fused-ring (bicyclic) bond motifs is 1. The number of rotatable bonds is 4. The van der Waals surface area contributed by atoms with Crippen molar-refractivity contribution in [3.8, 4) is 0 Å². The van der Waals surface area contributed by atoms with Gasteiger partial charge in [-0.2, -0.15) is 0 Å². The Labute approximate surface area is 136 Å². The van der Waals surface area contributed by atoms with Crippen LogP contribution in [0.15, 0.2) is 41.1 Å². The van der Waals surface area contributed by atoms with Crippen molar-refractivity contribution in [3.63, 3.8) is 0 Å². The van der Waals surface area contributed by atoms with Crippen LogP contribution in [0.5, 0.6) is 0 Å². The Morgan fingerprint density at radius 1 is 1.33 bits per heavy atom. The van der Waals surface area contributed by atoms with E-state index in [2.05, 4.69) is 35.4 Å². The van der Waals surface area contributed by atoms with Gasteiger partial charge in [-0.15, -0.1) is 11.6 Å². The number of hydrogen-bond acceptors (Lipinski definition) is 3. The normalized spacial score (nSPS) is 12.7. The van der Waals surface area contributed by atoms with Crippen LogP contribution in [0.3, 0.4) is 0 Å². The van der Waals surface area contributed by atoms with Gasteiger partial charge in [-0.3, -0.25) is 4.98 Å². The third kappa shape index (κ3) is 3.09. The summed E-state index contributed by atoms with van der Waals surface area (Å²) in [4.78, 5) is 13.4. The van der Waals surface area contributed by atoms with Crippen LogP contribution < -0.4 is 0 Å². The van der Waals surface area contributed by atoms with Gasteiger partial charge in [0.25, 0.3) is 0 Å². The minimum Gasteiger partial charge on any atom is -0.311 e. The summed E-state index contributed by atoms with van der Waals surface area (Å²) < 4.78 is 2.99. The number of halogens is 2. The summed E-state index contributed by atoms with van der Waals surface area (Å²) in [7, 11) is 0. The number of nitrogens with zero attached hydrogens (tertiary/aromatic N) is 4. The van der Waals surface area contributed by atoms with Crippen molar-refractivity contribution in [3.05, 3.63) is 52.7 Å². The predicted molar refractivity (Wildman–Crippen MR) is 87.4 cm³/mol. The van der Waals surface area contributed by atoms with E-state index >= 15 is 0 Å². The van der Waals surface area contributed by atoms with E-state index in [4.69, 9.17) is 11.6 Å². The van der Waals surface area contributed by atoms with Gasteiger partial charge in [0.15, 0.2) is 5.65 Å². The molecule has 0 aromatic carbocycles. The Hall–Kier alpha value is -1.46. The Morgan fingerprint density at radius 2 is 2.19 bits per heavy atom. The lowest BCUT2D eigenvalue weighted by atomic mass is 10.2. The zero-order valence-corrected chi connectivity index (χ0v) is 13.8. The minimum absolute atomic E-state index is 0.165. The molecule has 0 N–H and O–H groups in total. The van der Waals surface area contributed by atoms with Gasteiger partial charge in [0.05, 0.1) is 5.38 Å². The summed E-state index contributed by atoms with van der Waals surface area (Å²) in [5.41, 5.74) is 2.76. The van der Waals surface area contributed by atoms with Crippen LogP contribution in [0.1, 0.15) is 23.8 Å². The molecule has 0 aliphatic rings. The fourth-order valence-corrected chi connectivity index (χ4v) is 2.79. The second-order valence-corrected chi connectivity index (χ2v) is 6.38. The summed E-state index contributed by atoms with van der Waals surface area (Å²) in [6.45, 7) is 2.68. The highest BCUT2D eigenvalue weighted by Gasteiger charge is 2.16. The van der Waals surface area contributed by atoms with E-state index in [-0.39, 0.29) is 5.38 Å². The van der Waals surface area contributed by atoms with Crippen molar-refractivity contribution in [1.82, 2.24) is 19.5 Å². The molecule has 0 saturated heterocycles. The van der Waals surface area contributed by atoms with Crippen LogP contribution in [0, 0.1) is 0 Å². The van der Waals surface area contributed by atoms with E-state index in [1.54, 1.807) is 6.20 Å². The van der Waals surface area contributed by atoms with E-state index in [1.807, 2.05) is 37.4 Å². The monoisotopic (exact) mass is 364 g/mol. The fraction of sp³-hybridized carbons (Fsp3) is 0.267. The molecule has 0 amide bonds. The topological polar surface area (TPSA) is 43.6 Å². The molecule has 0 radical (unpaired) electrons. The van der Waals surface area contributed by atoms with Gasteiger partial charge in [0, 0.05) is 35.5 Å². The molecule has 0 saturated carbocycles. The molecule has 0 aliphatic heterocycles. The molecule has 3 aromatic heterocycles. The highest BCUT2D eigenvalue weighted by atomic mass is 79.9. The van der Waals surface area contributed by atoms with Gasteiger partial charge < -0.3 is 4.57 Å². The average Bonchev–Trinajstić information content (AvgIpc) is 2.84. The van der Waals surface area contributed by atoms with Crippen LogP contribution in [0.2, 0.25) is 0 Å². The molecule has 1 atom stereocenters. The van der Waals surface area contributed by atoms with Crippen LogP contribution in [-0.2, 0) is 13.0 Å². The molecule has 0 fully saturated rings. The highest BCUT2D eigenvalue weighted by Crippen LogP contribution is 2.25. The molecule has 0 bridgehead atoms. The molecular weight excluding hydrogens is 352 g/mol. The van der Waals surface area contributed by atoms with Gasteiger partial charge in [0.1, 0.15) is 11.3 Å². The molecule has 0 aliphatic carbocycles. The lowest BCUT2D eigenvalue weighted by Crippen LogP contribution is -2.08. The first-order valence-electron chi connectivity index (χ1n) is 6.71. The Balaban J connectivity index is 1.97. The SMILES string of the molecule is CC(Cl)c1nc2cc(Br)cnc2n1CCc1ccccn1. The van der Waals surface area contributed by atoms with E-state index in [0.717, 1.165) is 40.1 Å². The smallest absolute Gasteiger partial charge is 0.160 e. The summed E-state index contributed by atoms with van der Waals surface area (Å²) in [6, 6.07) is 7.89. The number of aromatic nitrogens is 4. The number of pyridine rings is 2. The van der Waals surface area contributed by atoms with Crippen LogP contribution >= 0.6 is 27.5 Å². The van der Waals surface area contributed by atoms with Crippen LogP contribution in [-0.4, -0.2) is 19.5 Å². The van der Waals surface area contributed by atoms with Gasteiger partial charge in [-0.05, 0) is 41.1 Å². The molecule has 3 aromatic rings. The lowest BCUT2D eigenvalue weighted by molar-refractivity contribution is 0.655. The molecule has 4 nitrogen and oxygen atoms in total. The third-order valence-electron chi connectivity index (χ3n) is 3.25. The summed E-state index contributed by atoms with van der Waals surface area (Å²) in [5.74, 6) is 0.841. The summed E-state index contributed by atoms with van der Waals surface area (Å²) >= 11 is 9.69. The molecule has 108 valence electrons. The zero-order valence-electron chi connectivity index (χ0n) is 11.5. The van der Waals surface area contributed by atoms with Gasteiger partial charge in [0.2, 0.25) is 0 Å². The molecule has 6 heteroatoms. The van der Waals surface area contributed by atoms with E-state index < -0.39 is 0 Å². The molecule has 0 spiro atoms. The largest absolute Gasteiger partial charge is 0.311 e. The molecule has 1 unspecified atom stereocenters. The Morgan fingerprint density at radius 3 is 2.90 bits per heavy atom. The zero-order chi connectivity index (χ0) is 14.8. The minimum atomic E-state index is -0.165. The van der Waals surface area contributed by atoms with Crippen molar-refractivity contribution in [2.24, 2.45) is 0 Å². The second kappa shape index (κ2) is 6.12. The van der Waals surface area contributed by atoms with Gasteiger partial charge >= 0.3 is 0 Å². The standard InChI is InChI=1S/C15H14BrClN4/c1-10(17)14-20-13-8-11(16)9-19-15(13)21(14)7-5-12-4-2-3-6-18-12/h2-4,6,8-10H,5,7H2,1H3. The van der Waals surface area contributed by atoms with Gasteiger partial charge in [-0.25, -0.2) is 9.97 Å². The maximum Gasteiger partial charge on any atom is 0.160 e. The van der Waals surface area contributed by atoms with Crippen molar-refractivity contribution in [2.75, 3.05) is 0 Å². The number of alkyl halides is 1. The molecule has 3 rings (SSSR count). The molecule has 21 heavy (non-hydrogen) atoms. The van der Waals surface area contributed by atoms with E-state index in [1.165, 1.54) is 0 Å². The van der Waals surface area contributed by atoms with Crippen LogP contribution in [0.4, 0.5) is 0 Å². The average molecular weight is 366 g/mol. The first-order chi connectivity index (χ1) is 10.1. The van der Waals surface area contributed by atoms with Gasteiger partial charge in [-0.1, -0.05) is 6.07 Å². The van der Waals surface area contributed by atoms with Crippen molar-refractivity contribution >= 4 is 38.7 Å². The van der Waals surface area contributed by atoms with Crippen LogP contribution in [0.25, 0.3) is 11.2 Å². The number of aryl methyl sites for hydroxylation is 2. The molecular formula is C15H14BrClN4. The maximum atomic E-state index is 6.26. The van der Waals surface area contributed by atoms with E-state index in [0.29, 0.717) is 0 Å². The first-order valence-corrected chi connectivity index (χ1v) is 7.94. The molecule has 3 heterocycles. The maximum absolute atomic E-state index is 6.26. The van der Waals surface area contributed by atoms with Crippen molar-refractivity contribution in [1.29, 1.82) is 0 Å². The second-order valence-electron chi connectivity index (χ2n) is 4.80. The number of imidazole rings is 1. The van der Waals surface area contributed by atoms with E-state index in [9.17, 15) is 0 Å². The lowest BCUT2D eigenvalue weighted by Gasteiger charge is -2.09. The first kappa shape index (κ1) is 14.5. The summed E-state index contributed by atoms with van der Waals surface area (Å²) in [6.07, 6.45) is 4.41. The quantitative estimate of drug-likeness (QED) is 0.653. The number of hydrogen-bond donors (Lipinski definition) is 0. The predicted octanol–water partition coefficient (Wildman–Crippen LogP) is 4.13. The summed E-state index contributed by atoms with van der Waals surface area (Å²) in [5, 5.41) is -0.165. The van der Waals surface area contributed by atoms with Crippen molar-refractivity contribution in [2.45, 2.75) is 25.3 Å². The van der Waals surface area contributed by atoms with Crippen molar-refractivity contribution < 1.29 is 0 Å². The third-order valence-corrected chi connectivity index (χ3v) is 3.88. The Kier molecular flexibility index (Phi) is 4.22. The fourth-order valence-electron chi connectivity index (χ4n) is 2.30.